The summed E-state index contributed by atoms with van der Waals surface area (Å²) >= 11 is 1.66. The van der Waals surface area contributed by atoms with Crippen molar-refractivity contribution in [3.05, 3.63) is 57.3 Å². The number of allylic oxidation sites excluding steroid dienone is 3. The molecule has 23 heavy (non-hydrogen) atoms. The van der Waals surface area contributed by atoms with E-state index in [4.69, 9.17) is 5.26 Å². The molecule has 2 rings (SSSR count). The predicted octanol–water partition coefficient (Wildman–Crippen LogP) is 3.98. The van der Waals surface area contributed by atoms with E-state index in [0.29, 0.717) is 22.1 Å². The Labute approximate surface area is 140 Å². The molecule has 0 radical (unpaired) electrons. The van der Waals surface area contributed by atoms with Crippen LogP contribution in [0.15, 0.2) is 46.1 Å². The first-order valence-corrected chi connectivity index (χ1v) is 8.31. The van der Waals surface area contributed by atoms with Gasteiger partial charge < -0.3 is 10.4 Å². The van der Waals surface area contributed by atoms with E-state index in [9.17, 15) is 9.90 Å². The molecule has 2 N–H and O–H groups in total. The number of thioether (sulfide) groups is 1. The molecule has 1 heterocycles. The summed E-state index contributed by atoms with van der Waals surface area (Å²) in [7, 11) is 0. The lowest BCUT2D eigenvalue weighted by atomic mass is 9.86. The van der Waals surface area contributed by atoms with E-state index >= 15 is 0 Å². The summed E-state index contributed by atoms with van der Waals surface area (Å²) in [4.78, 5) is 12.8. The third kappa shape index (κ3) is 3.59. The van der Waals surface area contributed by atoms with Gasteiger partial charge in [0, 0.05) is 21.5 Å². The molecule has 0 aliphatic carbocycles. The molecule has 1 unspecified atom stereocenters. The number of benzene rings is 1. The van der Waals surface area contributed by atoms with Crippen molar-refractivity contribution in [2.24, 2.45) is 0 Å². The minimum atomic E-state index is -0.934. The minimum absolute atomic E-state index is 0.330. The zero-order valence-corrected chi connectivity index (χ0v) is 14.5. The molecule has 4 nitrogen and oxygen atoms in total. The highest BCUT2D eigenvalue weighted by atomic mass is 32.2. The molecule has 0 bridgehead atoms. The molecule has 5 heteroatoms. The molecule has 0 amide bonds. The van der Waals surface area contributed by atoms with Gasteiger partial charge in [-0.2, -0.15) is 5.26 Å². The second-order valence-corrected chi connectivity index (χ2v) is 7.41. The highest BCUT2D eigenvalue weighted by Crippen LogP contribution is 2.44. The first kappa shape index (κ1) is 17.2. The van der Waals surface area contributed by atoms with E-state index in [0.717, 1.165) is 16.2 Å². The van der Waals surface area contributed by atoms with Gasteiger partial charge in [-0.3, -0.25) is 0 Å². The number of hydrogen-bond acceptors (Lipinski definition) is 4. The summed E-state index contributed by atoms with van der Waals surface area (Å²) in [5.41, 5.74) is 3.34. The van der Waals surface area contributed by atoms with Crippen molar-refractivity contribution < 1.29 is 9.90 Å². The number of carboxylic acids is 1. The molecule has 0 saturated heterocycles. The monoisotopic (exact) mass is 328 g/mol. The number of aliphatic carboxylic acids is 1. The van der Waals surface area contributed by atoms with E-state index in [2.05, 4.69) is 25.2 Å². The summed E-state index contributed by atoms with van der Waals surface area (Å²) in [5.74, 6) is -1.29. The standard InChI is InChI=1S/C18H20N2O2S/c1-10(2)23-17-12(4)20-11(3)15(18(21)22)16(17)14-7-5-6-13(8-14)9-19/h5-8,10,16,20H,1-4H3,(H,21,22). The van der Waals surface area contributed by atoms with Gasteiger partial charge in [0.25, 0.3) is 0 Å². The second-order valence-electron chi connectivity index (χ2n) is 5.79. The highest BCUT2D eigenvalue weighted by molar-refractivity contribution is 8.03. The lowest BCUT2D eigenvalue weighted by molar-refractivity contribution is -0.133. The Morgan fingerprint density at radius 2 is 2.04 bits per heavy atom. The molecule has 1 aliphatic rings. The molecule has 1 atom stereocenters. The third-order valence-electron chi connectivity index (χ3n) is 3.64. The van der Waals surface area contributed by atoms with E-state index in [1.165, 1.54) is 0 Å². The SMILES string of the molecule is CC1=C(SC(C)C)C(c2cccc(C#N)c2)C(C(=O)O)=C(C)N1. The van der Waals surface area contributed by atoms with E-state index in [-0.39, 0.29) is 5.92 Å². The second kappa shape index (κ2) is 6.93. The summed E-state index contributed by atoms with van der Waals surface area (Å²) in [6, 6.07) is 9.33. The average molecular weight is 328 g/mol. The van der Waals surface area contributed by atoms with Gasteiger partial charge in [0.1, 0.15) is 0 Å². The maximum atomic E-state index is 11.8. The van der Waals surface area contributed by atoms with Crippen molar-refractivity contribution >= 4 is 17.7 Å². The van der Waals surface area contributed by atoms with Crippen molar-refractivity contribution in [2.45, 2.75) is 38.9 Å². The van der Waals surface area contributed by atoms with Crippen LogP contribution < -0.4 is 5.32 Å². The smallest absolute Gasteiger partial charge is 0.334 e. The van der Waals surface area contributed by atoms with Gasteiger partial charge >= 0.3 is 5.97 Å². The van der Waals surface area contributed by atoms with E-state index in [1.54, 1.807) is 36.9 Å². The van der Waals surface area contributed by atoms with E-state index in [1.807, 2.05) is 13.0 Å². The van der Waals surface area contributed by atoms with E-state index < -0.39 is 5.97 Å². The first-order chi connectivity index (χ1) is 10.8. The van der Waals surface area contributed by atoms with Crippen LogP contribution in [-0.2, 0) is 4.79 Å². The van der Waals surface area contributed by atoms with Crippen molar-refractivity contribution in [1.82, 2.24) is 5.32 Å². The van der Waals surface area contributed by atoms with Crippen LogP contribution >= 0.6 is 11.8 Å². The number of nitrogens with zero attached hydrogens (tertiary/aromatic N) is 1. The highest BCUT2D eigenvalue weighted by Gasteiger charge is 2.33. The minimum Gasteiger partial charge on any atom is -0.478 e. The molecule has 0 spiro atoms. The number of hydrogen-bond donors (Lipinski definition) is 2. The fourth-order valence-electron chi connectivity index (χ4n) is 2.77. The largest absolute Gasteiger partial charge is 0.478 e. The van der Waals surface area contributed by atoms with Crippen LogP contribution in [0.3, 0.4) is 0 Å². The molecule has 0 aromatic heterocycles. The number of carbonyl (C=O) groups is 1. The van der Waals surface area contributed by atoms with Crippen molar-refractivity contribution in [3.63, 3.8) is 0 Å². The number of dihydropyridines is 1. The van der Waals surface area contributed by atoms with Crippen molar-refractivity contribution in [2.75, 3.05) is 0 Å². The summed E-state index contributed by atoms with van der Waals surface area (Å²) in [6.45, 7) is 7.91. The number of nitriles is 1. The molecular weight excluding hydrogens is 308 g/mol. The van der Waals surface area contributed by atoms with Crippen LogP contribution in [0.2, 0.25) is 0 Å². The van der Waals surface area contributed by atoms with Gasteiger partial charge in [0.2, 0.25) is 0 Å². The van der Waals surface area contributed by atoms with Gasteiger partial charge in [-0.05, 0) is 31.5 Å². The molecule has 120 valence electrons. The fourth-order valence-corrected chi connectivity index (χ4v) is 3.90. The Balaban J connectivity index is 2.64. The molecule has 1 aromatic carbocycles. The maximum Gasteiger partial charge on any atom is 0.334 e. The number of rotatable bonds is 4. The Bertz CT molecular complexity index is 742. The summed E-state index contributed by atoms with van der Waals surface area (Å²) < 4.78 is 0. The Morgan fingerprint density at radius 1 is 1.35 bits per heavy atom. The average Bonchev–Trinajstić information content (AvgIpc) is 2.48. The fraction of sp³-hybridized carbons (Fsp3) is 0.333. The zero-order valence-electron chi connectivity index (χ0n) is 13.7. The van der Waals surface area contributed by atoms with Crippen LogP contribution in [0.1, 0.15) is 44.7 Å². The zero-order chi connectivity index (χ0) is 17.1. The molecular formula is C18H20N2O2S. The molecule has 0 saturated carbocycles. The Morgan fingerprint density at radius 3 is 2.61 bits per heavy atom. The van der Waals surface area contributed by atoms with Crippen LogP contribution in [0, 0.1) is 11.3 Å². The van der Waals surface area contributed by atoms with Crippen LogP contribution in [0.4, 0.5) is 0 Å². The van der Waals surface area contributed by atoms with Gasteiger partial charge in [-0.25, -0.2) is 4.79 Å². The third-order valence-corrected chi connectivity index (χ3v) is 4.91. The number of nitrogens with one attached hydrogen (secondary N) is 1. The topological polar surface area (TPSA) is 73.1 Å². The van der Waals surface area contributed by atoms with Gasteiger partial charge in [-0.1, -0.05) is 26.0 Å². The van der Waals surface area contributed by atoms with Gasteiger partial charge in [-0.15, -0.1) is 11.8 Å². The Hall–Kier alpha value is -2.19. The summed E-state index contributed by atoms with van der Waals surface area (Å²) in [6.07, 6.45) is 0. The van der Waals surface area contributed by atoms with Crippen molar-refractivity contribution in [1.29, 1.82) is 5.26 Å². The quantitative estimate of drug-likeness (QED) is 0.874. The van der Waals surface area contributed by atoms with Gasteiger partial charge in [0.05, 0.1) is 23.1 Å². The van der Waals surface area contributed by atoms with Crippen molar-refractivity contribution in [3.8, 4) is 6.07 Å². The summed E-state index contributed by atoms with van der Waals surface area (Å²) in [5, 5.41) is 22.4. The lowest BCUT2D eigenvalue weighted by Gasteiger charge is -2.31. The lowest BCUT2D eigenvalue weighted by Crippen LogP contribution is -2.27. The molecule has 0 fully saturated rings. The normalized spacial score (nSPS) is 18.0. The molecule has 1 aromatic rings. The van der Waals surface area contributed by atoms with Crippen LogP contribution in [0.5, 0.6) is 0 Å². The Kier molecular flexibility index (Phi) is 5.17. The van der Waals surface area contributed by atoms with Gasteiger partial charge in [0.15, 0.2) is 0 Å². The predicted molar refractivity (Wildman–Crippen MR) is 92.8 cm³/mol. The first-order valence-electron chi connectivity index (χ1n) is 7.43. The maximum absolute atomic E-state index is 11.8. The molecule has 1 aliphatic heterocycles. The van der Waals surface area contributed by atoms with Crippen LogP contribution in [-0.4, -0.2) is 16.3 Å². The van der Waals surface area contributed by atoms with Crippen LogP contribution in [0.25, 0.3) is 0 Å². The number of carboxylic acid groups (broad SMARTS) is 1.